The molecule has 1 aromatic carbocycles. The van der Waals surface area contributed by atoms with Crippen LogP contribution < -0.4 is 11.1 Å². The highest BCUT2D eigenvalue weighted by molar-refractivity contribution is 9.10. The number of benzene rings is 1. The normalized spacial score (nSPS) is 10.6. The van der Waals surface area contributed by atoms with E-state index in [2.05, 4.69) is 26.3 Å². The highest BCUT2D eigenvalue weighted by Gasteiger charge is 2.19. The van der Waals surface area contributed by atoms with E-state index in [1.165, 1.54) is 0 Å². The molecule has 0 radical (unpaired) electrons. The molecular weight excluding hydrogens is 320 g/mol. The number of nitrogens with one attached hydrogen (secondary N) is 1. The Morgan fingerprint density at radius 1 is 1.45 bits per heavy atom. The van der Waals surface area contributed by atoms with Crippen LogP contribution in [0.1, 0.15) is 28.7 Å². The molecule has 0 aliphatic rings. The molecule has 6 heteroatoms. The highest BCUT2D eigenvalue weighted by atomic mass is 79.9. The molecule has 0 aliphatic heterocycles. The lowest BCUT2D eigenvalue weighted by atomic mass is 10.2. The maximum absolute atomic E-state index is 12.4. The minimum atomic E-state index is -0.244. The molecular formula is C14H17BrN4O. The molecule has 0 fully saturated rings. The smallest absolute Gasteiger partial charge is 0.276 e. The molecule has 0 saturated carbocycles. The Morgan fingerprint density at radius 2 is 2.15 bits per heavy atom. The lowest BCUT2D eigenvalue weighted by molar-refractivity contribution is 0.101. The van der Waals surface area contributed by atoms with E-state index < -0.39 is 0 Å². The van der Waals surface area contributed by atoms with Crippen LogP contribution in [0.5, 0.6) is 0 Å². The predicted octanol–water partition coefficient (Wildman–Crippen LogP) is 3.12. The summed E-state index contributed by atoms with van der Waals surface area (Å²) in [5.74, 6) is -0.244. The number of hydrogen-bond acceptors (Lipinski definition) is 3. The number of halogens is 1. The number of nitrogens with two attached hydrogens (primary N) is 1. The Kier molecular flexibility index (Phi) is 4.13. The summed E-state index contributed by atoms with van der Waals surface area (Å²) in [5, 5.41) is 7.14. The largest absolute Gasteiger partial charge is 0.395 e. The molecule has 20 heavy (non-hydrogen) atoms. The van der Waals surface area contributed by atoms with Gasteiger partial charge in [-0.15, -0.1) is 0 Å². The van der Waals surface area contributed by atoms with Gasteiger partial charge in [0.1, 0.15) is 5.69 Å². The number of nitrogen functional groups attached to an aromatic ring is 1. The number of aryl methyl sites for hydroxylation is 3. The molecule has 0 saturated heterocycles. The summed E-state index contributed by atoms with van der Waals surface area (Å²) in [6.45, 7) is 6.25. The van der Waals surface area contributed by atoms with E-state index in [1.54, 1.807) is 11.6 Å². The minimum absolute atomic E-state index is 0.244. The van der Waals surface area contributed by atoms with E-state index in [0.29, 0.717) is 23.6 Å². The van der Waals surface area contributed by atoms with Crippen LogP contribution in [-0.4, -0.2) is 15.7 Å². The van der Waals surface area contributed by atoms with Gasteiger partial charge in [-0.05, 0) is 38.5 Å². The molecule has 1 aromatic heterocycles. The van der Waals surface area contributed by atoms with E-state index >= 15 is 0 Å². The Hall–Kier alpha value is -1.82. The van der Waals surface area contributed by atoms with Gasteiger partial charge >= 0.3 is 0 Å². The molecule has 0 atom stereocenters. The van der Waals surface area contributed by atoms with Gasteiger partial charge in [-0.3, -0.25) is 9.48 Å². The predicted molar refractivity (Wildman–Crippen MR) is 83.9 cm³/mol. The maximum atomic E-state index is 12.4. The maximum Gasteiger partial charge on any atom is 0.276 e. The molecule has 0 bridgehead atoms. The summed E-state index contributed by atoms with van der Waals surface area (Å²) in [7, 11) is 0. The quantitative estimate of drug-likeness (QED) is 0.904. The molecule has 0 spiro atoms. The summed E-state index contributed by atoms with van der Waals surface area (Å²) in [5.41, 5.74) is 9.19. The SMILES string of the molecule is CCn1nc(C)c(N)c1C(=O)Nc1cc(Br)ccc1C. The standard InChI is InChI=1S/C14H17BrN4O/c1-4-19-13(12(16)9(3)18-19)14(20)17-11-7-10(15)6-5-8(11)2/h5-7H,4,16H2,1-3H3,(H,17,20). The molecule has 1 amide bonds. The van der Waals surface area contributed by atoms with Gasteiger partial charge in [0.05, 0.1) is 11.4 Å². The minimum Gasteiger partial charge on any atom is -0.395 e. The third-order valence-corrected chi connectivity index (χ3v) is 3.63. The van der Waals surface area contributed by atoms with Crippen LogP contribution in [0.25, 0.3) is 0 Å². The highest BCUT2D eigenvalue weighted by Crippen LogP contribution is 2.23. The van der Waals surface area contributed by atoms with Crippen molar-refractivity contribution in [3.8, 4) is 0 Å². The molecule has 2 rings (SSSR count). The molecule has 1 heterocycles. The third kappa shape index (κ3) is 2.70. The number of aromatic nitrogens is 2. The summed E-state index contributed by atoms with van der Waals surface area (Å²) >= 11 is 3.40. The van der Waals surface area contributed by atoms with Crippen LogP contribution in [0, 0.1) is 13.8 Å². The van der Waals surface area contributed by atoms with Crippen molar-refractivity contribution in [3.63, 3.8) is 0 Å². The van der Waals surface area contributed by atoms with Gasteiger partial charge in [0, 0.05) is 16.7 Å². The van der Waals surface area contributed by atoms with Crippen molar-refractivity contribution in [2.75, 3.05) is 11.1 Å². The van der Waals surface area contributed by atoms with Crippen molar-refractivity contribution in [1.29, 1.82) is 0 Å². The van der Waals surface area contributed by atoms with Crippen LogP contribution in [0.4, 0.5) is 11.4 Å². The molecule has 2 aromatic rings. The fraction of sp³-hybridized carbons (Fsp3) is 0.286. The van der Waals surface area contributed by atoms with Crippen molar-refractivity contribution < 1.29 is 4.79 Å². The zero-order valence-corrected chi connectivity index (χ0v) is 13.3. The fourth-order valence-electron chi connectivity index (χ4n) is 1.97. The second-order valence-corrected chi connectivity index (χ2v) is 5.49. The second-order valence-electron chi connectivity index (χ2n) is 4.58. The number of carbonyl (C=O) groups excluding carboxylic acids is 1. The Labute approximate surface area is 126 Å². The first kappa shape index (κ1) is 14.6. The van der Waals surface area contributed by atoms with Gasteiger partial charge in [-0.1, -0.05) is 22.0 Å². The fourth-order valence-corrected chi connectivity index (χ4v) is 2.34. The first-order valence-electron chi connectivity index (χ1n) is 6.34. The van der Waals surface area contributed by atoms with E-state index in [0.717, 1.165) is 15.7 Å². The van der Waals surface area contributed by atoms with Crippen LogP contribution in [-0.2, 0) is 6.54 Å². The van der Waals surface area contributed by atoms with E-state index in [4.69, 9.17) is 5.73 Å². The number of hydrogen-bond donors (Lipinski definition) is 2. The third-order valence-electron chi connectivity index (χ3n) is 3.14. The summed E-state index contributed by atoms with van der Waals surface area (Å²) in [6, 6.07) is 5.73. The first-order valence-corrected chi connectivity index (χ1v) is 7.13. The Bertz CT molecular complexity index is 663. The van der Waals surface area contributed by atoms with Gasteiger partial charge in [0.2, 0.25) is 0 Å². The lowest BCUT2D eigenvalue weighted by Crippen LogP contribution is -2.19. The first-order chi connectivity index (χ1) is 9.43. The van der Waals surface area contributed by atoms with Crippen molar-refractivity contribution in [2.24, 2.45) is 0 Å². The number of amides is 1. The van der Waals surface area contributed by atoms with Crippen molar-refractivity contribution >= 4 is 33.2 Å². The van der Waals surface area contributed by atoms with Gasteiger partial charge in [-0.25, -0.2) is 0 Å². The number of carbonyl (C=O) groups is 1. The number of rotatable bonds is 3. The number of anilines is 2. The van der Waals surface area contributed by atoms with Crippen molar-refractivity contribution in [3.05, 3.63) is 39.6 Å². The molecule has 106 valence electrons. The zero-order chi connectivity index (χ0) is 14.9. The van der Waals surface area contributed by atoms with Gasteiger partial charge in [0.25, 0.3) is 5.91 Å². The summed E-state index contributed by atoms with van der Waals surface area (Å²) < 4.78 is 2.53. The van der Waals surface area contributed by atoms with E-state index in [9.17, 15) is 4.79 Å². The molecule has 0 aliphatic carbocycles. The Balaban J connectivity index is 2.35. The van der Waals surface area contributed by atoms with Gasteiger partial charge in [-0.2, -0.15) is 5.10 Å². The van der Waals surface area contributed by atoms with Crippen LogP contribution in [0.2, 0.25) is 0 Å². The van der Waals surface area contributed by atoms with Crippen LogP contribution in [0.3, 0.4) is 0 Å². The molecule has 0 unspecified atom stereocenters. The lowest BCUT2D eigenvalue weighted by Gasteiger charge is -2.10. The van der Waals surface area contributed by atoms with E-state index in [1.807, 2.05) is 32.0 Å². The topological polar surface area (TPSA) is 72.9 Å². The second kappa shape index (κ2) is 5.66. The summed E-state index contributed by atoms with van der Waals surface area (Å²) in [6.07, 6.45) is 0. The van der Waals surface area contributed by atoms with Crippen LogP contribution >= 0.6 is 15.9 Å². The van der Waals surface area contributed by atoms with Crippen LogP contribution in [0.15, 0.2) is 22.7 Å². The number of nitrogens with zero attached hydrogens (tertiary/aromatic N) is 2. The van der Waals surface area contributed by atoms with Crippen molar-refractivity contribution in [2.45, 2.75) is 27.3 Å². The molecule has 5 nitrogen and oxygen atoms in total. The zero-order valence-electron chi connectivity index (χ0n) is 11.7. The average molecular weight is 337 g/mol. The average Bonchev–Trinajstić information content (AvgIpc) is 2.69. The summed E-state index contributed by atoms with van der Waals surface area (Å²) in [4.78, 5) is 12.4. The molecule has 3 N–H and O–H groups in total. The van der Waals surface area contributed by atoms with Crippen molar-refractivity contribution in [1.82, 2.24) is 9.78 Å². The van der Waals surface area contributed by atoms with E-state index in [-0.39, 0.29) is 5.91 Å². The van der Waals surface area contributed by atoms with Gasteiger partial charge in [0.15, 0.2) is 0 Å². The Morgan fingerprint density at radius 3 is 2.80 bits per heavy atom. The van der Waals surface area contributed by atoms with Gasteiger partial charge < -0.3 is 11.1 Å². The monoisotopic (exact) mass is 336 g/mol.